The summed E-state index contributed by atoms with van der Waals surface area (Å²) in [6.45, 7) is 0.561. The molecule has 0 bridgehead atoms. The van der Waals surface area contributed by atoms with Crippen LogP contribution in [-0.2, 0) is 17.8 Å². The van der Waals surface area contributed by atoms with Crippen LogP contribution in [0.25, 0.3) is 0 Å². The molecule has 0 atom stereocenters. The fourth-order valence-electron chi connectivity index (χ4n) is 2.40. The van der Waals surface area contributed by atoms with Gasteiger partial charge in [0, 0.05) is 13.2 Å². The molecule has 0 fully saturated rings. The summed E-state index contributed by atoms with van der Waals surface area (Å²) in [7, 11) is 6.66. The average Bonchev–Trinajstić information content (AvgIpc) is 2.54. The van der Waals surface area contributed by atoms with Crippen molar-refractivity contribution in [1.29, 1.82) is 0 Å². The minimum atomic E-state index is 0.561. The van der Waals surface area contributed by atoms with Crippen LogP contribution in [0.4, 0.5) is 0 Å². The Kier molecular flexibility index (Phi) is 5.67. The highest BCUT2D eigenvalue weighted by molar-refractivity contribution is 5.42. The number of benzene rings is 2. The largest absolute Gasteiger partial charge is 0.497 e. The van der Waals surface area contributed by atoms with Gasteiger partial charge < -0.3 is 18.9 Å². The first-order valence-corrected chi connectivity index (χ1v) is 7.06. The van der Waals surface area contributed by atoms with Crippen LogP contribution in [0.5, 0.6) is 17.2 Å². The lowest BCUT2D eigenvalue weighted by Gasteiger charge is -2.11. The van der Waals surface area contributed by atoms with Crippen molar-refractivity contribution in [2.75, 3.05) is 28.4 Å². The molecule has 0 saturated carbocycles. The predicted octanol–water partition coefficient (Wildman–Crippen LogP) is 3.45. The van der Waals surface area contributed by atoms with Gasteiger partial charge in [0.2, 0.25) is 0 Å². The highest BCUT2D eigenvalue weighted by Gasteiger charge is 2.06. The van der Waals surface area contributed by atoms with Crippen molar-refractivity contribution in [1.82, 2.24) is 0 Å². The first-order valence-electron chi connectivity index (χ1n) is 7.06. The summed E-state index contributed by atoms with van der Waals surface area (Å²) in [6.07, 6.45) is 0.765. The monoisotopic (exact) mass is 302 g/mol. The number of methoxy groups -OCH3 is 4. The number of hydrogen-bond acceptors (Lipinski definition) is 4. The molecule has 0 aliphatic rings. The van der Waals surface area contributed by atoms with E-state index in [-0.39, 0.29) is 0 Å². The van der Waals surface area contributed by atoms with Crippen LogP contribution in [0, 0.1) is 0 Å². The van der Waals surface area contributed by atoms with Gasteiger partial charge in [-0.15, -0.1) is 0 Å². The van der Waals surface area contributed by atoms with E-state index < -0.39 is 0 Å². The molecule has 4 heteroatoms. The molecule has 0 radical (unpaired) electrons. The van der Waals surface area contributed by atoms with Crippen LogP contribution >= 0.6 is 0 Å². The molecule has 118 valence electrons. The molecule has 0 unspecified atom stereocenters. The second-order valence-electron chi connectivity index (χ2n) is 5.02. The van der Waals surface area contributed by atoms with Gasteiger partial charge in [-0.05, 0) is 47.4 Å². The van der Waals surface area contributed by atoms with Gasteiger partial charge in [-0.3, -0.25) is 0 Å². The molecule has 0 saturated heterocycles. The van der Waals surface area contributed by atoms with Crippen LogP contribution in [0.3, 0.4) is 0 Å². The minimum absolute atomic E-state index is 0.561. The molecular weight excluding hydrogens is 280 g/mol. The van der Waals surface area contributed by atoms with Crippen molar-refractivity contribution in [3.63, 3.8) is 0 Å². The Balaban J connectivity index is 2.31. The van der Waals surface area contributed by atoms with Crippen LogP contribution < -0.4 is 14.2 Å². The lowest BCUT2D eigenvalue weighted by molar-refractivity contribution is 0.184. The van der Waals surface area contributed by atoms with Crippen molar-refractivity contribution < 1.29 is 18.9 Å². The maximum Gasteiger partial charge on any atom is 0.122 e. The van der Waals surface area contributed by atoms with Gasteiger partial charge >= 0.3 is 0 Å². The molecular formula is C18H22O4. The third kappa shape index (κ3) is 4.15. The lowest BCUT2D eigenvalue weighted by Crippen LogP contribution is -1.96. The molecule has 0 aliphatic heterocycles. The summed E-state index contributed by atoms with van der Waals surface area (Å²) in [5.41, 5.74) is 3.36. The van der Waals surface area contributed by atoms with Crippen molar-refractivity contribution >= 4 is 0 Å². The number of ether oxygens (including phenoxy) is 4. The zero-order valence-corrected chi connectivity index (χ0v) is 13.5. The number of rotatable bonds is 7. The standard InChI is InChI=1S/C18H22O4/c1-19-12-15-6-13(7-16(10-15)20-2)5-14-8-17(21-3)11-18(9-14)22-4/h6-11H,5,12H2,1-4H3. The third-order valence-electron chi connectivity index (χ3n) is 3.39. The fraction of sp³-hybridized carbons (Fsp3) is 0.333. The Bertz CT molecular complexity index is 600. The van der Waals surface area contributed by atoms with Crippen LogP contribution in [0.15, 0.2) is 36.4 Å². The highest BCUT2D eigenvalue weighted by Crippen LogP contribution is 2.26. The highest BCUT2D eigenvalue weighted by atomic mass is 16.5. The van der Waals surface area contributed by atoms with Gasteiger partial charge in [-0.1, -0.05) is 6.07 Å². The zero-order chi connectivity index (χ0) is 15.9. The topological polar surface area (TPSA) is 36.9 Å². The van der Waals surface area contributed by atoms with E-state index >= 15 is 0 Å². The second-order valence-corrected chi connectivity index (χ2v) is 5.02. The van der Waals surface area contributed by atoms with Crippen LogP contribution in [-0.4, -0.2) is 28.4 Å². The smallest absolute Gasteiger partial charge is 0.122 e. The maximum atomic E-state index is 5.36. The predicted molar refractivity (Wildman–Crippen MR) is 86.1 cm³/mol. The average molecular weight is 302 g/mol. The van der Waals surface area contributed by atoms with Gasteiger partial charge in [0.05, 0.1) is 27.9 Å². The van der Waals surface area contributed by atoms with Crippen molar-refractivity contribution in [3.05, 3.63) is 53.1 Å². The van der Waals surface area contributed by atoms with E-state index in [0.29, 0.717) is 6.61 Å². The Morgan fingerprint density at radius 3 is 1.55 bits per heavy atom. The first kappa shape index (κ1) is 16.2. The van der Waals surface area contributed by atoms with E-state index in [1.165, 1.54) is 0 Å². The van der Waals surface area contributed by atoms with Crippen LogP contribution in [0.1, 0.15) is 16.7 Å². The summed E-state index contributed by atoms with van der Waals surface area (Å²) >= 11 is 0. The molecule has 22 heavy (non-hydrogen) atoms. The van der Waals surface area contributed by atoms with E-state index in [0.717, 1.165) is 40.4 Å². The van der Waals surface area contributed by atoms with E-state index in [4.69, 9.17) is 18.9 Å². The lowest BCUT2D eigenvalue weighted by atomic mass is 10.0. The summed E-state index contributed by atoms with van der Waals surface area (Å²) in [4.78, 5) is 0. The van der Waals surface area contributed by atoms with Crippen molar-refractivity contribution in [2.24, 2.45) is 0 Å². The van der Waals surface area contributed by atoms with E-state index in [2.05, 4.69) is 6.07 Å². The molecule has 4 nitrogen and oxygen atoms in total. The molecule has 0 spiro atoms. The quantitative estimate of drug-likeness (QED) is 0.785. The Labute approximate surface area is 131 Å². The van der Waals surface area contributed by atoms with Gasteiger partial charge in [0.25, 0.3) is 0 Å². The maximum absolute atomic E-state index is 5.36. The summed E-state index contributed by atoms with van der Waals surface area (Å²) in [5, 5.41) is 0. The summed E-state index contributed by atoms with van der Waals surface area (Å²) < 4.78 is 21.2. The fourth-order valence-corrected chi connectivity index (χ4v) is 2.40. The molecule has 2 aromatic rings. The van der Waals surface area contributed by atoms with E-state index in [1.807, 2.05) is 30.3 Å². The molecule has 2 rings (SSSR count). The molecule has 0 amide bonds. The van der Waals surface area contributed by atoms with Gasteiger partial charge in [-0.2, -0.15) is 0 Å². The normalized spacial score (nSPS) is 10.4. The van der Waals surface area contributed by atoms with E-state index in [9.17, 15) is 0 Å². The first-order chi connectivity index (χ1) is 10.7. The Morgan fingerprint density at radius 1 is 0.591 bits per heavy atom. The Hall–Kier alpha value is -2.20. The van der Waals surface area contributed by atoms with Crippen molar-refractivity contribution in [2.45, 2.75) is 13.0 Å². The van der Waals surface area contributed by atoms with Crippen LogP contribution in [0.2, 0.25) is 0 Å². The molecule has 0 heterocycles. The van der Waals surface area contributed by atoms with Gasteiger partial charge in [-0.25, -0.2) is 0 Å². The molecule has 0 N–H and O–H groups in total. The van der Waals surface area contributed by atoms with Crippen molar-refractivity contribution in [3.8, 4) is 17.2 Å². The zero-order valence-electron chi connectivity index (χ0n) is 13.5. The summed E-state index contributed by atoms with van der Waals surface area (Å²) in [5.74, 6) is 2.41. The number of hydrogen-bond donors (Lipinski definition) is 0. The molecule has 2 aromatic carbocycles. The molecule has 0 aliphatic carbocycles. The van der Waals surface area contributed by atoms with Gasteiger partial charge in [0.15, 0.2) is 0 Å². The Morgan fingerprint density at radius 2 is 1.05 bits per heavy atom. The minimum Gasteiger partial charge on any atom is -0.497 e. The van der Waals surface area contributed by atoms with E-state index in [1.54, 1.807) is 28.4 Å². The summed E-state index contributed by atoms with van der Waals surface area (Å²) in [6, 6.07) is 12.0. The second kappa shape index (κ2) is 7.71. The van der Waals surface area contributed by atoms with Gasteiger partial charge in [0.1, 0.15) is 17.2 Å². The third-order valence-corrected chi connectivity index (χ3v) is 3.39. The SMILES string of the molecule is COCc1cc(Cc2cc(OC)cc(OC)c2)cc(OC)c1. The molecule has 0 aromatic heterocycles.